The normalized spacial score (nSPS) is 15.7. The number of carbonyl (C=O) groups excluding carboxylic acids is 3. The molecule has 1 aliphatic heterocycles. The van der Waals surface area contributed by atoms with E-state index in [4.69, 9.17) is 31.5 Å². The second-order valence-electron chi connectivity index (χ2n) is 9.72. The highest BCUT2D eigenvalue weighted by Crippen LogP contribution is 2.47. The Morgan fingerprint density at radius 3 is 2.52 bits per heavy atom. The zero-order valence-electron chi connectivity index (χ0n) is 24.7. The number of nitrogens with two attached hydrogens (primary N) is 1. The van der Waals surface area contributed by atoms with Gasteiger partial charge in [-0.05, 0) is 73.9 Å². The van der Waals surface area contributed by atoms with E-state index in [1.54, 1.807) is 25.0 Å². The Morgan fingerprint density at radius 2 is 1.84 bits per heavy atom. The summed E-state index contributed by atoms with van der Waals surface area (Å²) in [6.45, 7) is 4.80. The topological polar surface area (TPSA) is 120 Å². The van der Waals surface area contributed by atoms with Crippen LogP contribution < -0.4 is 30.2 Å². The minimum Gasteiger partial charge on any atom is -0.493 e. The number of rotatable bonds is 13. The highest BCUT2D eigenvalue weighted by molar-refractivity contribution is 8.01. The van der Waals surface area contributed by atoms with Gasteiger partial charge in [-0.25, -0.2) is 0 Å². The summed E-state index contributed by atoms with van der Waals surface area (Å²) in [6.07, 6.45) is 0.561. The molecular weight excluding hydrogens is 602 g/mol. The molecule has 0 aromatic heterocycles. The summed E-state index contributed by atoms with van der Waals surface area (Å²) in [5.41, 5.74) is 7.89. The van der Waals surface area contributed by atoms with E-state index < -0.39 is 16.5 Å². The average molecular weight is 636 g/mol. The van der Waals surface area contributed by atoms with Gasteiger partial charge in [-0.1, -0.05) is 35.7 Å². The number of methoxy groups -OCH3 is 1. The number of primary amides is 1. The Balaban J connectivity index is 1.49. The molecule has 0 spiro atoms. The molecule has 3 N–H and O–H groups in total. The van der Waals surface area contributed by atoms with E-state index in [1.165, 1.54) is 23.9 Å². The fourth-order valence-corrected chi connectivity index (χ4v) is 6.34. The molecule has 1 heterocycles. The highest BCUT2D eigenvalue weighted by atomic mass is 35.5. The summed E-state index contributed by atoms with van der Waals surface area (Å²) >= 11 is 7.55. The number of anilines is 1. The molecule has 3 aromatic rings. The van der Waals surface area contributed by atoms with Crippen LogP contribution in [-0.2, 0) is 16.0 Å². The predicted octanol–water partition coefficient (Wildman–Crippen LogP) is 5.14. The number of nitrogens with zero attached hydrogens (tertiary/aromatic N) is 1. The monoisotopic (exact) mass is 635 g/mol. The highest BCUT2D eigenvalue weighted by Gasteiger charge is 2.43. The molecule has 3 amide bonds. The number of amides is 3. The van der Waals surface area contributed by atoms with Crippen LogP contribution in [-0.4, -0.2) is 49.8 Å². The van der Waals surface area contributed by atoms with Gasteiger partial charge in [-0.15, -0.1) is 17.7 Å². The molecule has 44 heavy (non-hydrogen) atoms. The number of hydrogen-bond acceptors (Lipinski definition) is 7. The van der Waals surface area contributed by atoms with Gasteiger partial charge in [-0.2, -0.15) is 0 Å². The van der Waals surface area contributed by atoms with Gasteiger partial charge in [0.25, 0.3) is 0 Å². The molecule has 0 aliphatic carbocycles. The quantitative estimate of drug-likeness (QED) is 0.249. The lowest BCUT2D eigenvalue weighted by Gasteiger charge is -2.25. The summed E-state index contributed by atoms with van der Waals surface area (Å²) in [5.74, 6) is 6.36. The number of halogens is 1. The maximum absolute atomic E-state index is 13.8. The Bertz CT molecular complexity index is 1570. The van der Waals surface area contributed by atoms with Crippen molar-refractivity contribution < 1.29 is 28.6 Å². The van der Waals surface area contributed by atoms with Crippen molar-refractivity contribution in [2.75, 3.05) is 31.8 Å². The summed E-state index contributed by atoms with van der Waals surface area (Å²) in [5, 5.41) is 1.99. The number of carbonyl (C=O) groups is 3. The van der Waals surface area contributed by atoms with Crippen LogP contribution in [0.25, 0.3) is 0 Å². The van der Waals surface area contributed by atoms with Crippen LogP contribution in [0.3, 0.4) is 0 Å². The van der Waals surface area contributed by atoms with E-state index in [-0.39, 0.29) is 35.4 Å². The predicted molar refractivity (Wildman–Crippen MR) is 172 cm³/mol. The molecule has 0 bridgehead atoms. The minimum atomic E-state index is -0.703. The van der Waals surface area contributed by atoms with Crippen molar-refractivity contribution in [1.82, 2.24) is 5.32 Å². The maximum Gasteiger partial charge on any atom is 0.250 e. The molecular formula is C33H34ClN3O6S. The lowest BCUT2D eigenvalue weighted by Crippen LogP contribution is -2.34. The Labute approximate surface area is 266 Å². The lowest BCUT2D eigenvalue weighted by molar-refractivity contribution is -0.124. The number of nitrogens with one attached hydrogen (secondary N) is 1. The van der Waals surface area contributed by atoms with Crippen molar-refractivity contribution >= 4 is 46.8 Å². The molecule has 1 saturated heterocycles. The van der Waals surface area contributed by atoms with Gasteiger partial charge < -0.3 is 25.3 Å². The van der Waals surface area contributed by atoms with E-state index in [1.807, 2.05) is 49.4 Å². The molecule has 2 unspecified atom stereocenters. The van der Waals surface area contributed by atoms with E-state index >= 15 is 0 Å². The van der Waals surface area contributed by atoms with Crippen molar-refractivity contribution in [3.63, 3.8) is 0 Å². The zero-order chi connectivity index (χ0) is 31.6. The Morgan fingerprint density at radius 1 is 1.07 bits per heavy atom. The molecule has 3 aromatic carbocycles. The first-order valence-corrected chi connectivity index (χ1v) is 15.3. The molecule has 230 valence electrons. The lowest BCUT2D eigenvalue weighted by atomic mass is 10.1. The SMILES string of the molecule is CC#CCOc1ccc(C2SC(CC(=O)NCCc3ccc(OC)c(OCC)c3)C(=O)N2c2ccc(Cl)c(C(N)=O)c2)cc1. The standard InChI is InChI=1S/C33H34ClN3O6S/c1-4-6-17-43-24-11-8-22(9-12-24)33-37(23-10-13-26(34)25(19-23)31(35)39)32(40)29(44-33)20-30(38)36-16-15-21-7-14-27(41-3)28(18-21)42-5-2/h7-14,18-19,29,33H,5,15-17,20H2,1-3H3,(H2,35,39)(H,36,38). The molecule has 1 fully saturated rings. The molecule has 4 rings (SSSR count). The van der Waals surface area contributed by atoms with Gasteiger partial charge >= 0.3 is 0 Å². The van der Waals surface area contributed by atoms with Crippen molar-refractivity contribution in [3.05, 3.63) is 82.4 Å². The largest absolute Gasteiger partial charge is 0.493 e. The molecule has 2 atom stereocenters. The first-order valence-electron chi connectivity index (χ1n) is 14.0. The summed E-state index contributed by atoms with van der Waals surface area (Å²) in [4.78, 5) is 40.4. The zero-order valence-corrected chi connectivity index (χ0v) is 26.3. The van der Waals surface area contributed by atoms with Crippen LogP contribution in [0, 0.1) is 11.8 Å². The first-order chi connectivity index (χ1) is 21.2. The van der Waals surface area contributed by atoms with Crippen LogP contribution in [0.4, 0.5) is 5.69 Å². The first kappa shape index (κ1) is 32.6. The molecule has 0 saturated carbocycles. The van der Waals surface area contributed by atoms with Crippen LogP contribution in [0.1, 0.15) is 47.1 Å². The third kappa shape index (κ3) is 7.98. The maximum atomic E-state index is 13.8. The average Bonchev–Trinajstić information content (AvgIpc) is 3.33. The van der Waals surface area contributed by atoms with Crippen molar-refractivity contribution in [2.45, 2.75) is 37.3 Å². The van der Waals surface area contributed by atoms with E-state index in [0.717, 1.165) is 11.1 Å². The number of ether oxygens (including phenoxy) is 3. The van der Waals surface area contributed by atoms with Crippen LogP contribution >= 0.6 is 23.4 Å². The second-order valence-corrected chi connectivity index (χ2v) is 11.4. The van der Waals surface area contributed by atoms with Crippen LogP contribution in [0.15, 0.2) is 60.7 Å². The third-order valence-electron chi connectivity index (χ3n) is 6.82. The summed E-state index contributed by atoms with van der Waals surface area (Å²) in [6, 6.07) is 17.7. The Kier molecular flexibility index (Phi) is 11.4. The smallest absolute Gasteiger partial charge is 0.250 e. The van der Waals surface area contributed by atoms with Gasteiger partial charge in [0, 0.05) is 18.7 Å². The van der Waals surface area contributed by atoms with E-state index in [2.05, 4.69) is 17.2 Å². The van der Waals surface area contributed by atoms with E-state index in [9.17, 15) is 14.4 Å². The molecule has 9 nitrogen and oxygen atoms in total. The van der Waals surface area contributed by atoms with Gasteiger partial charge in [0.1, 0.15) is 17.7 Å². The number of hydrogen-bond donors (Lipinski definition) is 2. The van der Waals surface area contributed by atoms with Crippen molar-refractivity contribution in [1.29, 1.82) is 0 Å². The summed E-state index contributed by atoms with van der Waals surface area (Å²) < 4.78 is 16.6. The molecule has 1 aliphatic rings. The van der Waals surface area contributed by atoms with Crippen LogP contribution in [0.2, 0.25) is 5.02 Å². The second kappa shape index (κ2) is 15.4. The third-order valence-corrected chi connectivity index (χ3v) is 8.59. The summed E-state index contributed by atoms with van der Waals surface area (Å²) in [7, 11) is 1.59. The van der Waals surface area contributed by atoms with Gasteiger partial charge in [-0.3, -0.25) is 19.3 Å². The van der Waals surface area contributed by atoms with Crippen molar-refractivity contribution in [3.8, 4) is 29.1 Å². The molecule has 0 radical (unpaired) electrons. The van der Waals surface area contributed by atoms with Gasteiger partial charge in [0.05, 0.1) is 29.6 Å². The number of thioether (sulfide) groups is 1. The van der Waals surface area contributed by atoms with Gasteiger partial charge in [0.2, 0.25) is 17.7 Å². The fourth-order valence-electron chi connectivity index (χ4n) is 4.67. The van der Waals surface area contributed by atoms with Crippen LogP contribution in [0.5, 0.6) is 17.2 Å². The Hall–Kier alpha value is -4.33. The fraction of sp³-hybridized carbons (Fsp3) is 0.303. The van der Waals surface area contributed by atoms with Gasteiger partial charge in [0.15, 0.2) is 11.5 Å². The molecule has 11 heteroatoms. The number of benzene rings is 3. The van der Waals surface area contributed by atoms with Crippen molar-refractivity contribution in [2.24, 2.45) is 5.73 Å². The van der Waals surface area contributed by atoms with E-state index in [0.29, 0.717) is 42.5 Å². The minimum absolute atomic E-state index is 0.0174.